The Hall–Kier alpha value is -1.77. The zero-order valence-corrected chi connectivity index (χ0v) is 16.3. The molecule has 1 aliphatic carbocycles. The Balaban J connectivity index is 1.47. The molecular formula is C23H31NO2. The van der Waals surface area contributed by atoms with Crippen molar-refractivity contribution < 1.29 is 9.53 Å². The van der Waals surface area contributed by atoms with Gasteiger partial charge in [-0.1, -0.05) is 45.4 Å². The maximum absolute atomic E-state index is 12.9. The largest absolute Gasteiger partial charge is 0.462 e. The van der Waals surface area contributed by atoms with Crippen LogP contribution in [0, 0.1) is 23.7 Å². The summed E-state index contributed by atoms with van der Waals surface area (Å²) in [5.41, 5.74) is 2.56. The van der Waals surface area contributed by atoms with E-state index in [1.807, 2.05) is 0 Å². The first-order valence-electron chi connectivity index (χ1n) is 10.3. The van der Waals surface area contributed by atoms with Gasteiger partial charge in [-0.25, -0.2) is 0 Å². The molecule has 26 heavy (non-hydrogen) atoms. The maximum Gasteiger partial charge on any atom is 0.309 e. The first-order valence-corrected chi connectivity index (χ1v) is 10.3. The molecule has 3 heteroatoms. The Morgan fingerprint density at radius 1 is 1.19 bits per heavy atom. The minimum absolute atomic E-state index is 0.0110. The van der Waals surface area contributed by atoms with Gasteiger partial charge in [0.15, 0.2) is 0 Å². The van der Waals surface area contributed by atoms with Crippen molar-refractivity contribution in [2.24, 2.45) is 23.7 Å². The Bertz CT molecular complexity index is 791. The van der Waals surface area contributed by atoms with Crippen LogP contribution < -0.4 is 0 Å². The molecule has 0 bridgehead atoms. The summed E-state index contributed by atoms with van der Waals surface area (Å²) in [5, 5.41) is 1.28. The minimum Gasteiger partial charge on any atom is -0.462 e. The van der Waals surface area contributed by atoms with Crippen LogP contribution in [-0.4, -0.2) is 16.6 Å². The fourth-order valence-corrected chi connectivity index (χ4v) is 5.04. The van der Waals surface area contributed by atoms with E-state index in [-0.39, 0.29) is 18.0 Å². The standard InChI is InChI=1S/C23H31NO2/c1-15(2)20-9-8-16(3)12-22(20)26-23(25)18-10-11-24-19(14-18)13-17-6-4-5-7-21(17)24/h4-7,13,15-16,18,20,22H,8-12,14H2,1-3H3/t16-,18-,20+,22-/m1/s1. The van der Waals surface area contributed by atoms with Crippen LogP contribution in [0.5, 0.6) is 0 Å². The topological polar surface area (TPSA) is 31.2 Å². The van der Waals surface area contributed by atoms with Crippen molar-refractivity contribution in [1.82, 2.24) is 4.57 Å². The van der Waals surface area contributed by atoms with Crippen LogP contribution in [0.1, 0.15) is 52.1 Å². The van der Waals surface area contributed by atoms with Gasteiger partial charge in [0, 0.05) is 24.2 Å². The van der Waals surface area contributed by atoms with Gasteiger partial charge in [-0.15, -0.1) is 0 Å². The predicted molar refractivity (Wildman–Crippen MR) is 105 cm³/mol. The zero-order chi connectivity index (χ0) is 18.3. The maximum atomic E-state index is 12.9. The third-order valence-corrected chi connectivity index (χ3v) is 6.62. The van der Waals surface area contributed by atoms with Crippen LogP contribution >= 0.6 is 0 Å². The smallest absolute Gasteiger partial charge is 0.309 e. The van der Waals surface area contributed by atoms with Crippen LogP contribution in [0.4, 0.5) is 0 Å². The molecule has 3 nitrogen and oxygen atoms in total. The number of ether oxygens (including phenoxy) is 1. The third-order valence-electron chi connectivity index (χ3n) is 6.62. The molecule has 0 spiro atoms. The molecule has 0 saturated heterocycles. The molecule has 1 aromatic carbocycles. The first kappa shape index (κ1) is 17.6. The molecule has 4 rings (SSSR count). The second-order valence-electron chi connectivity index (χ2n) is 8.84. The highest BCUT2D eigenvalue weighted by Gasteiger charge is 2.36. The average Bonchev–Trinajstić information content (AvgIpc) is 2.99. The second kappa shape index (κ2) is 7.09. The highest BCUT2D eigenvalue weighted by Crippen LogP contribution is 2.36. The number of carbonyl (C=O) groups excluding carboxylic acids is 1. The molecule has 0 radical (unpaired) electrons. The summed E-state index contributed by atoms with van der Waals surface area (Å²) >= 11 is 0. The minimum atomic E-state index is 0.0110. The fraction of sp³-hybridized carbons (Fsp3) is 0.609. The van der Waals surface area contributed by atoms with Gasteiger partial charge in [0.05, 0.1) is 5.92 Å². The van der Waals surface area contributed by atoms with Gasteiger partial charge >= 0.3 is 5.97 Å². The number of benzene rings is 1. The predicted octanol–water partition coefficient (Wildman–Crippen LogP) is 5.21. The summed E-state index contributed by atoms with van der Waals surface area (Å²) in [7, 11) is 0. The van der Waals surface area contributed by atoms with Gasteiger partial charge in [0.2, 0.25) is 0 Å². The fourth-order valence-electron chi connectivity index (χ4n) is 5.04. The molecule has 140 valence electrons. The van der Waals surface area contributed by atoms with Crippen LogP contribution in [0.2, 0.25) is 0 Å². The molecule has 2 heterocycles. The Kier molecular flexibility index (Phi) is 4.81. The van der Waals surface area contributed by atoms with Gasteiger partial charge in [-0.05, 0) is 54.5 Å². The highest BCUT2D eigenvalue weighted by molar-refractivity contribution is 5.82. The SMILES string of the molecule is CC(C)[C@@H]1CC[C@@H](C)C[C@H]1OC(=O)[C@@H]1CCn2c(cc3ccccc32)C1. The van der Waals surface area contributed by atoms with E-state index in [1.54, 1.807) is 0 Å². The monoisotopic (exact) mass is 353 g/mol. The van der Waals surface area contributed by atoms with Crippen molar-refractivity contribution in [2.45, 2.75) is 65.5 Å². The van der Waals surface area contributed by atoms with E-state index in [2.05, 4.69) is 55.7 Å². The van der Waals surface area contributed by atoms with Crippen LogP contribution in [-0.2, 0) is 22.5 Å². The summed E-state index contributed by atoms with van der Waals surface area (Å²) in [4.78, 5) is 12.9. The van der Waals surface area contributed by atoms with Crippen molar-refractivity contribution in [2.75, 3.05) is 0 Å². The van der Waals surface area contributed by atoms with Crippen LogP contribution in [0.25, 0.3) is 10.9 Å². The molecule has 1 aromatic heterocycles. The van der Waals surface area contributed by atoms with Crippen molar-refractivity contribution in [1.29, 1.82) is 0 Å². The molecule has 2 aliphatic rings. The van der Waals surface area contributed by atoms with Gasteiger partial charge in [0.25, 0.3) is 0 Å². The molecule has 1 saturated carbocycles. The number of carbonyl (C=O) groups is 1. The third kappa shape index (κ3) is 3.28. The van der Waals surface area contributed by atoms with Crippen molar-refractivity contribution in [3.8, 4) is 0 Å². The normalized spacial score (nSPS) is 28.9. The molecular weight excluding hydrogens is 322 g/mol. The zero-order valence-electron chi connectivity index (χ0n) is 16.3. The second-order valence-corrected chi connectivity index (χ2v) is 8.84. The van der Waals surface area contributed by atoms with Gasteiger partial charge in [-0.2, -0.15) is 0 Å². The van der Waals surface area contributed by atoms with Crippen molar-refractivity contribution in [3.05, 3.63) is 36.0 Å². The highest BCUT2D eigenvalue weighted by atomic mass is 16.5. The lowest BCUT2D eigenvalue weighted by atomic mass is 9.75. The summed E-state index contributed by atoms with van der Waals surface area (Å²) in [6, 6.07) is 10.7. The number of hydrogen-bond donors (Lipinski definition) is 0. The number of hydrogen-bond acceptors (Lipinski definition) is 2. The molecule has 2 aromatic rings. The molecule has 0 unspecified atom stereocenters. The Morgan fingerprint density at radius 2 is 2.00 bits per heavy atom. The number of esters is 1. The number of aromatic nitrogens is 1. The molecule has 0 N–H and O–H groups in total. The quantitative estimate of drug-likeness (QED) is 0.710. The van der Waals surface area contributed by atoms with E-state index in [4.69, 9.17) is 4.74 Å². The van der Waals surface area contributed by atoms with Crippen LogP contribution in [0.15, 0.2) is 30.3 Å². The lowest BCUT2D eigenvalue weighted by molar-refractivity contribution is -0.161. The van der Waals surface area contributed by atoms with Gasteiger partial charge in [0.1, 0.15) is 6.10 Å². The lowest BCUT2D eigenvalue weighted by Gasteiger charge is -2.37. The summed E-state index contributed by atoms with van der Waals surface area (Å²) < 4.78 is 8.49. The van der Waals surface area contributed by atoms with E-state index >= 15 is 0 Å². The lowest BCUT2D eigenvalue weighted by Crippen LogP contribution is -2.38. The van der Waals surface area contributed by atoms with Crippen LogP contribution in [0.3, 0.4) is 0 Å². The van der Waals surface area contributed by atoms with Crippen molar-refractivity contribution >= 4 is 16.9 Å². The van der Waals surface area contributed by atoms with E-state index in [1.165, 1.54) is 29.4 Å². The number of para-hydroxylation sites is 1. The molecule has 0 amide bonds. The molecule has 1 aliphatic heterocycles. The number of fused-ring (bicyclic) bond motifs is 3. The van der Waals surface area contributed by atoms with Gasteiger partial charge < -0.3 is 9.30 Å². The van der Waals surface area contributed by atoms with Gasteiger partial charge in [-0.3, -0.25) is 4.79 Å². The average molecular weight is 354 g/mol. The molecule has 1 fully saturated rings. The van der Waals surface area contributed by atoms with E-state index in [9.17, 15) is 4.79 Å². The number of aryl methyl sites for hydroxylation is 1. The number of rotatable bonds is 3. The summed E-state index contributed by atoms with van der Waals surface area (Å²) in [6.45, 7) is 7.73. The van der Waals surface area contributed by atoms with E-state index in [0.29, 0.717) is 17.8 Å². The summed E-state index contributed by atoms with van der Waals surface area (Å²) in [5.74, 6) is 1.80. The first-order chi connectivity index (χ1) is 12.5. The summed E-state index contributed by atoms with van der Waals surface area (Å²) in [6.07, 6.45) is 5.29. The van der Waals surface area contributed by atoms with E-state index < -0.39 is 0 Å². The Labute approximate surface area is 156 Å². The number of nitrogens with zero attached hydrogens (tertiary/aromatic N) is 1. The van der Waals surface area contributed by atoms with Crippen molar-refractivity contribution in [3.63, 3.8) is 0 Å². The van der Waals surface area contributed by atoms with E-state index in [0.717, 1.165) is 25.8 Å². The molecule has 4 atom stereocenters. The Morgan fingerprint density at radius 3 is 2.81 bits per heavy atom.